The maximum atomic E-state index is 12.6. The van der Waals surface area contributed by atoms with Crippen molar-refractivity contribution in [2.45, 2.75) is 9.50 Å². The Bertz CT molecular complexity index is 1700. The number of aromatic nitrogens is 4. The van der Waals surface area contributed by atoms with E-state index in [0.29, 0.717) is 22.1 Å². The molecule has 0 aliphatic heterocycles. The maximum absolute atomic E-state index is 12.6. The molecule has 0 radical (unpaired) electrons. The van der Waals surface area contributed by atoms with E-state index in [9.17, 15) is 14.4 Å². The highest BCUT2D eigenvalue weighted by Gasteiger charge is 2.14. The van der Waals surface area contributed by atoms with E-state index >= 15 is 0 Å². The van der Waals surface area contributed by atoms with Crippen molar-refractivity contribution in [2.24, 2.45) is 7.05 Å². The molecule has 0 saturated heterocycles. The third-order valence-corrected chi connectivity index (χ3v) is 8.95. The van der Waals surface area contributed by atoms with Gasteiger partial charge in [-0.25, -0.2) is 9.78 Å². The number of hydrogen-bond donors (Lipinski definition) is 2. The Morgan fingerprint density at radius 2 is 1.56 bits per heavy atom. The Hall–Kier alpha value is -4.20. The zero-order valence-electron chi connectivity index (χ0n) is 22.0. The van der Waals surface area contributed by atoms with Gasteiger partial charge in [0.1, 0.15) is 0 Å². The van der Waals surface area contributed by atoms with Crippen molar-refractivity contribution in [1.29, 1.82) is 0 Å². The van der Waals surface area contributed by atoms with Gasteiger partial charge in [-0.05, 0) is 42.5 Å². The predicted octanol–water partition coefficient (Wildman–Crippen LogP) is 5.34. The fourth-order valence-corrected chi connectivity index (χ4v) is 6.40. The highest BCUT2D eigenvalue weighted by molar-refractivity contribution is 8.01. The van der Waals surface area contributed by atoms with E-state index in [1.807, 2.05) is 54.1 Å². The van der Waals surface area contributed by atoms with Crippen molar-refractivity contribution in [3.63, 3.8) is 0 Å². The average Bonchev–Trinajstić information content (AvgIpc) is 3.57. The number of thioether (sulfide) groups is 2. The molecule has 10 nitrogen and oxygen atoms in total. The number of benzene rings is 3. The second-order valence-electron chi connectivity index (χ2n) is 8.64. The first-order valence-electron chi connectivity index (χ1n) is 12.3. The molecule has 5 aromatic rings. The number of hydrogen-bond acceptors (Lipinski definition) is 10. The predicted molar refractivity (Wildman–Crippen MR) is 163 cm³/mol. The van der Waals surface area contributed by atoms with Crippen LogP contribution in [0.2, 0.25) is 0 Å². The van der Waals surface area contributed by atoms with Gasteiger partial charge in [0.15, 0.2) is 15.3 Å². The van der Waals surface area contributed by atoms with E-state index in [0.717, 1.165) is 25.9 Å². The summed E-state index contributed by atoms with van der Waals surface area (Å²) < 4.78 is 8.19. The number of nitrogens with zero attached hydrogens (tertiary/aromatic N) is 4. The quantitative estimate of drug-likeness (QED) is 0.160. The normalized spacial score (nSPS) is 10.9. The van der Waals surface area contributed by atoms with Crippen molar-refractivity contribution >= 4 is 74.2 Å². The maximum Gasteiger partial charge on any atom is 0.337 e. The van der Waals surface area contributed by atoms with Gasteiger partial charge < -0.3 is 19.9 Å². The molecule has 0 unspecified atom stereocenters. The minimum atomic E-state index is -0.435. The summed E-state index contributed by atoms with van der Waals surface area (Å²) in [5.74, 6) is 0.315. The van der Waals surface area contributed by atoms with Gasteiger partial charge in [0.25, 0.3) is 0 Å². The number of methoxy groups -OCH3 is 1. The van der Waals surface area contributed by atoms with Gasteiger partial charge in [-0.15, -0.1) is 21.5 Å². The molecule has 208 valence electrons. The van der Waals surface area contributed by atoms with Crippen molar-refractivity contribution in [2.75, 3.05) is 29.2 Å². The molecule has 0 aliphatic carbocycles. The van der Waals surface area contributed by atoms with Crippen LogP contribution in [-0.4, -0.2) is 56.1 Å². The first kappa shape index (κ1) is 28.3. The Morgan fingerprint density at radius 1 is 0.878 bits per heavy atom. The lowest BCUT2D eigenvalue weighted by molar-refractivity contribution is -0.114. The van der Waals surface area contributed by atoms with Crippen LogP contribution in [-0.2, 0) is 21.4 Å². The van der Waals surface area contributed by atoms with Crippen molar-refractivity contribution in [3.8, 4) is 11.4 Å². The minimum absolute atomic E-state index is 0.158. The van der Waals surface area contributed by atoms with Gasteiger partial charge in [0.05, 0.1) is 34.4 Å². The zero-order chi connectivity index (χ0) is 28.8. The summed E-state index contributed by atoms with van der Waals surface area (Å²) in [6.45, 7) is 0. The first-order chi connectivity index (χ1) is 19.9. The molecule has 41 heavy (non-hydrogen) atoms. The van der Waals surface area contributed by atoms with Crippen LogP contribution in [0.1, 0.15) is 10.4 Å². The number of esters is 1. The summed E-state index contributed by atoms with van der Waals surface area (Å²) in [4.78, 5) is 41.2. The third-order valence-electron chi connectivity index (χ3n) is 5.77. The first-order valence-corrected chi connectivity index (χ1v) is 15.1. The molecule has 2 heterocycles. The molecule has 2 aromatic heterocycles. The molecule has 0 aliphatic rings. The van der Waals surface area contributed by atoms with Crippen LogP contribution in [0.25, 0.3) is 21.6 Å². The van der Waals surface area contributed by atoms with Gasteiger partial charge in [-0.2, -0.15) is 0 Å². The molecule has 0 fully saturated rings. The smallest absolute Gasteiger partial charge is 0.337 e. The molecule has 13 heteroatoms. The number of fused-ring (bicyclic) bond motifs is 1. The number of carbonyl (C=O) groups excluding carboxylic acids is 3. The molecule has 5 rings (SSSR count). The third kappa shape index (κ3) is 7.12. The fraction of sp³-hybridized carbons (Fsp3) is 0.143. The molecular formula is C28H24N6O4S3. The van der Waals surface area contributed by atoms with E-state index in [4.69, 9.17) is 0 Å². The van der Waals surface area contributed by atoms with Crippen LogP contribution < -0.4 is 10.6 Å². The highest BCUT2D eigenvalue weighted by atomic mass is 32.2. The molecule has 2 N–H and O–H groups in total. The van der Waals surface area contributed by atoms with E-state index in [2.05, 4.69) is 30.6 Å². The Labute approximate surface area is 247 Å². The second-order valence-corrected chi connectivity index (χ2v) is 11.8. The number of anilines is 2. The van der Waals surface area contributed by atoms with Gasteiger partial charge >= 0.3 is 5.97 Å². The van der Waals surface area contributed by atoms with E-state index in [1.54, 1.807) is 30.3 Å². The Morgan fingerprint density at radius 3 is 2.29 bits per heavy atom. The number of carbonyl (C=O) groups is 3. The Kier molecular flexibility index (Phi) is 8.97. The van der Waals surface area contributed by atoms with Crippen molar-refractivity contribution in [3.05, 3.63) is 78.4 Å². The molecule has 0 saturated carbocycles. The van der Waals surface area contributed by atoms with Crippen LogP contribution in [0.5, 0.6) is 0 Å². The molecule has 0 atom stereocenters. The van der Waals surface area contributed by atoms with Crippen molar-refractivity contribution in [1.82, 2.24) is 19.7 Å². The standard InChI is InChI=1S/C28H24N6O4S3/c1-34-25(17-6-4-3-5-7-17)32-33-27(34)39-15-23(35)30-20-12-13-21-22(14-20)41-28(31-21)40-16-24(36)29-19-10-8-18(9-11-19)26(37)38-2/h3-14H,15-16H2,1-2H3,(H,29,36)(H,30,35). The lowest BCUT2D eigenvalue weighted by Gasteiger charge is -2.06. The Balaban J connectivity index is 1.12. The van der Waals surface area contributed by atoms with E-state index < -0.39 is 5.97 Å². The molecule has 2 amide bonds. The number of nitrogens with one attached hydrogen (secondary N) is 2. The summed E-state index contributed by atoms with van der Waals surface area (Å²) in [6, 6.07) is 21.8. The highest BCUT2D eigenvalue weighted by Crippen LogP contribution is 2.31. The van der Waals surface area contributed by atoms with Crippen LogP contribution in [0, 0.1) is 0 Å². The largest absolute Gasteiger partial charge is 0.465 e. The van der Waals surface area contributed by atoms with Crippen LogP contribution in [0.3, 0.4) is 0 Å². The monoisotopic (exact) mass is 604 g/mol. The number of rotatable bonds is 10. The van der Waals surface area contributed by atoms with Crippen molar-refractivity contribution < 1.29 is 19.1 Å². The summed E-state index contributed by atoms with van der Waals surface area (Å²) >= 11 is 4.09. The lowest BCUT2D eigenvalue weighted by Crippen LogP contribution is -2.14. The molecule has 0 bridgehead atoms. The molecular weight excluding hydrogens is 581 g/mol. The molecule has 0 spiro atoms. The van der Waals surface area contributed by atoms with Gasteiger partial charge in [-0.1, -0.05) is 53.9 Å². The number of ether oxygens (including phenoxy) is 1. The summed E-state index contributed by atoms with van der Waals surface area (Å²) in [5.41, 5.74) is 3.41. The summed E-state index contributed by atoms with van der Waals surface area (Å²) in [5, 5.41) is 14.9. The molecule has 3 aromatic carbocycles. The SMILES string of the molecule is COC(=O)c1ccc(NC(=O)CSc2nc3ccc(NC(=O)CSc4nnc(-c5ccccc5)n4C)cc3s2)cc1. The summed E-state index contributed by atoms with van der Waals surface area (Å²) in [7, 11) is 3.20. The van der Waals surface area contributed by atoms with Gasteiger partial charge in [0, 0.05) is 24.0 Å². The van der Waals surface area contributed by atoms with E-state index in [-0.39, 0.29) is 23.3 Å². The fourth-order valence-electron chi connectivity index (χ4n) is 3.78. The van der Waals surface area contributed by atoms with Crippen LogP contribution in [0.15, 0.2) is 82.3 Å². The summed E-state index contributed by atoms with van der Waals surface area (Å²) in [6.07, 6.45) is 0. The number of thiazole rings is 1. The lowest BCUT2D eigenvalue weighted by atomic mass is 10.2. The van der Waals surface area contributed by atoms with Crippen LogP contribution in [0.4, 0.5) is 11.4 Å². The van der Waals surface area contributed by atoms with Gasteiger partial charge in [-0.3, -0.25) is 9.59 Å². The van der Waals surface area contributed by atoms with E-state index in [1.165, 1.54) is 42.0 Å². The minimum Gasteiger partial charge on any atom is -0.465 e. The number of amides is 2. The average molecular weight is 605 g/mol. The second kappa shape index (κ2) is 13.0. The topological polar surface area (TPSA) is 128 Å². The van der Waals surface area contributed by atoms with Crippen LogP contribution >= 0.6 is 34.9 Å². The zero-order valence-corrected chi connectivity index (χ0v) is 24.4. The van der Waals surface area contributed by atoms with Gasteiger partial charge in [0.2, 0.25) is 11.8 Å².